The molecule has 8 nitrogen and oxygen atoms in total. The van der Waals surface area contributed by atoms with Crippen LogP contribution in [0.15, 0.2) is 48.9 Å². The lowest BCUT2D eigenvalue weighted by molar-refractivity contribution is 0.0736. The average Bonchev–Trinajstić information content (AvgIpc) is 3.19. The van der Waals surface area contributed by atoms with E-state index in [-0.39, 0.29) is 12.0 Å². The first kappa shape index (κ1) is 21.9. The number of ether oxygens (including phenoxy) is 1. The number of hydrogen-bond acceptors (Lipinski definition) is 7. The third-order valence-corrected chi connectivity index (χ3v) is 5.33. The van der Waals surface area contributed by atoms with E-state index < -0.39 is 6.10 Å². The number of hydrogen-bond donors (Lipinski definition) is 3. The molecule has 3 N–H and O–H groups in total. The van der Waals surface area contributed by atoms with E-state index in [9.17, 15) is 9.90 Å². The second-order valence-corrected chi connectivity index (χ2v) is 7.99. The maximum atomic E-state index is 12.9. The normalized spacial score (nSPS) is 17.8. The van der Waals surface area contributed by atoms with Crippen LogP contribution < -0.4 is 15.4 Å². The first-order valence-electron chi connectivity index (χ1n) is 10.7. The number of nitrogens with one attached hydrogen (secondary N) is 2. The molecule has 3 aromatic rings. The van der Waals surface area contributed by atoms with Crippen molar-refractivity contribution >= 4 is 5.91 Å². The molecule has 1 saturated heterocycles. The molecular weight excluding hydrogens is 406 g/mol. The van der Waals surface area contributed by atoms with E-state index in [2.05, 4.69) is 25.6 Å². The van der Waals surface area contributed by atoms with Gasteiger partial charge in [0.1, 0.15) is 23.8 Å². The van der Waals surface area contributed by atoms with Gasteiger partial charge in [-0.3, -0.25) is 9.78 Å². The number of benzene rings is 1. The van der Waals surface area contributed by atoms with Crippen molar-refractivity contribution in [2.45, 2.75) is 32.5 Å². The molecule has 2 atom stereocenters. The SMILES string of the molecule is Cc1ccc(-c2cc(OC3CNCC3O)cc(C(=O)NCCc3cnc(C)nc3)c2)nc1. The Labute approximate surface area is 187 Å². The molecular formula is C24H27N5O3. The van der Waals surface area contributed by atoms with Gasteiger partial charge in [-0.05, 0) is 55.7 Å². The van der Waals surface area contributed by atoms with Gasteiger partial charge in [0.25, 0.3) is 5.91 Å². The van der Waals surface area contributed by atoms with E-state index in [4.69, 9.17) is 4.74 Å². The molecule has 32 heavy (non-hydrogen) atoms. The monoisotopic (exact) mass is 433 g/mol. The standard InChI is InChI=1S/C24H27N5O3/c1-15-3-4-21(29-10-15)18-7-19(9-20(8-18)32-23-14-25-13-22(23)30)24(31)26-6-5-17-11-27-16(2)28-12-17/h3-4,7-12,22-23,25,30H,5-6,13-14H2,1-2H3,(H,26,31). The fourth-order valence-corrected chi connectivity index (χ4v) is 3.49. The minimum Gasteiger partial charge on any atom is -0.486 e. The van der Waals surface area contributed by atoms with Crippen LogP contribution in [0.5, 0.6) is 5.75 Å². The van der Waals surface area contributed by atoms with Gasteiger partial charge in [-0.25, -0.2) is 9.97 Å². The number of aliphatic hydroxyl groups excluding tert-OH is 1. The van der Waals surface area contributed by atoms with Crippen LogP contribution in [-0.4, -0.2) is 57.8 Å². The molecule has 1 aromatic carbocycles. The van der Waals surface area contributed by atoms with Crippen LogP contribution in [-0.2, 0) is 6.42 Å². The second kappa shape index (κ2) is 9.84. The lowest BCUT2D eigenvalue weighted by atomic mass is 10.1. The fourth-order valence-electron chi connectivity index (χ4n) is 3.49. The van der Waals surface area contributed by atoms with Crippen molar-refractivity contribution in [1.82, 2.24) is 25.6 Å². The van der Waals surface area contributed by atoms with Crippen molar-refractivity contribution in [3.8, 4) is 17.0 Å². The maximum Gasteiger partial charge on any atom is 0.251 e. The summed E-state index contributed by atoms with van der Waals surface area (Å²) in [6.45, 7) is 5.30. The predicted octanol–water partition coefficient (Wildman–Crippen LogP) is 1.84. The number of aryl methyl sites for hydroxylation is 2. The number of carbonyl (C=O) groups is 1. The Balaban J connectivity index is 1.52. The number of aliphatic hydroxyl groups is 1. The summed E-state index contributed by atoms with van der Waals surface area (Å²) in [5.41, 5.74) is 4.01. The molecule has 3 heterocycles. The average molecular weight is 434 g/mol. The van der Waals surface area contributed by atoms with Crippen LogP contribution in [0.25, 0.3) is 11.3 Å². The van der Waals surface area contributed by atoms with Crippen LogP contribution in [0.1, 0.15) is 27.3 Å². The smallest absolute Gasteiger partial charge is 0.251 e. The number of amides is 1. The predicted molar refractivity (Wildman–Crippen MR) is 121 cm³/mol. The van der Waals surface area contributed by atoms with Gasteiger partial charge >= 0.3 is 0 Å². The summed E-state index contributed by atoms with van der Waals surface area (Å²) in [6, 6.07) is 9.25. The molecule has 0 bridgehead atoms. The molecule has 1 aliphatic heterocycles. The summed E-state index contributed by atoms with van der Waals surface area (Å²) < 4.78 is 6.01. The van der Waals surface area contributed by atoms with Crippen molar-refractivity contribution in [2.75, 3.05) is 19.6 Å². The zero-order chi connectivity index (χ0) is 22.5. The van der Waals surface area contributed by atoms with E-state index >= 15 is 0 Å². The van der Waals surface area contributed by atoms with Gasteiger partial charge < -0.3 is 20.5 Å². The Morgan fingerprint density at radius 1 is 1.12 bits per heavy atom. The first-order valence-corrected chi connectivity index (χ1v) is 10.7. The van der Waals surface area contributed by atoms with Crippen molar-refractivity contribution < 1.29 is 14.6 Å². The highest BCUT2D eigenvalue weighted by atomic mass is 16.5. The zero-order valence-electron chi connectivity index (χ0n) is 18.2. The highest BCUT2D eigenvalue weighted by Gasteiger charge is 2.27. The third-order valence-electron chi connectivity index (χ3n) is 5.33. The highest BCUT2D eigenvalue weighted by molar-refractivity contribution is 5.96. The van der Waals surface area contributed by atoms with Gasteiger partial charge in [-0.15, -0.1) is 0 Å². The van der Waals surface area contributed by atoms with E-state index in [1.165, 1.54) is 0 Å². The molecule has 1 aliphatic rings. The van der Waals surface area contributed by atoms with Crippen LogP contribution in [0.2, 0.25) is 0 Å². The molecule has 1 fully saturated rings. The molecule has 0 saturated carbocycles. The van der Waals surface area contributed by atoms with Crippen molar-refractivity contribution in [3.63, 3.8) is 0 Å². The van der Waals surface area contributed by atoms with E-state index in [1.54, 1.807) is 30.7 Å². The van der Waals surface area contributed by atoms with Crippen molar-refractivity contribution in [1.29, 1.82) is 0 Å². The molecule has 4 rings (SSSR count). The number of aromatic nitrogens is 3. The Morgan fingerprint density at radius 2 is 1.94 bits per heavy atom. The van der Waals surface area contributed by atoms with Crippen molar-refractivity contribution in [3.05, 3.63) is 71.4 Å². The van der Waals surface area contributed by atoms with Gasteiger partial charge in [0.2, 0.25) is 0 Å². The number of rotatable bonds is 7. The quantitative estimate of drug-likeness (QED) is 0.522. The molecule has 1 amide bonds. The van der Waals surface area contributed by atoms with Gasteiger partial charge in [0, 0.05) is 49.4 Å². The summed E-state index contributed by atoms with van der Waals surface area (Å²) >= 11 is 0. The molecule has 8 heteroatoms. The van der Waals surface area contributed by atoms with E-state index in [0.29, 0.717) is 37.4 Å². The van der Waals surface area contributed by atoms with Crippen LogP contribution in [0.4, 0.5) is 0 Å². The van der Waals surface area contributed by atoms with E-state index in [0.717, 1.165) is 28.2 Å². The Morgan fingerprint density at radius 3 is 2.62 bits per heavy atom. The summed E-state index contributed by atoms with van der Waals surface area (Å²) in [5, 5.41) is 16.1. The zero-order valence-corrected chi connectivity index (χ0v) is 18.2. The summed E-state index contributed by atoms with van der Waals surface area (Å²) in [5.74, 6) is 1.03. The second-order valence-electron chi connectivity index (χ2n) is 7.99. The van der Waals surface area contributed by atoms with Gasteiger partial charge in [0.15, 0.2) is 0 Å². The van der Waals surface area contributed by atoms with Crippen LogP contribution in [0, 0.1) is 13.8 Å². The fraction of sp³-hybridized carbons (Fsp3) is 0.333. The Hall–Kier alpha value is -3.36. The summed E-state index contributed by atoms with van der Waals surface area (Å²) in [7, 11) is 0. The highest BCUT2D eigenvalue weighted by Crippen LogP contribution is 2.27. The Bertz CT molecular complexity index is 1070. The molecule has 2 aromatic heterocycles. The lowest BCUT2D eigenvalue weighted by Crippen LogP contribution is -2.30. The number of pyridine rings is 1. The van der Waals surface area contributed by atoms with Crippen LogP contribution >= 0.6 is 0 Å². The third kappa shape index (κ3) is 5.46. The Kier molecular flexibility index (Phi) is 6.72. The van der Waals surface area contributed by atoms with Gasteiger partial charge in [0.05, 0.1) is 5.69 Å². The summed E-state index contributed by atoms with van der Waals surface area (Å²) in [4.78, 5) is 25.7. The van der Waals surface area contributed by atoms with Crippen LogP contribution in [0.3, 0.4) is 0 Å². The van der Waals surface area contributed by atoms with Crippen molar-refractivity contribution in [2.24, 2.45) is 0 Å². The molecule has 0 aliphatic carbocycles. The van der Waals surface area contributed by atoms with E-state index in [1.807, 2.05) is 32.0 Å². The number of carbonyl (C=O) groups excluding carboxylic acids is 1. The first-order chi connectivity index (χ1) is 15.5. The maximum absolute atomic E-state index is 12.9. The minimum absolute atomic E-state index is 0.207. The molecule has 0 radical (unpaired) electrons. The molecule has 166 valence electrons. The lowest BCUT2D eigenvalue weighted by Gasteiger charge is -2.18. The number of β-amino-alcohol motifs (C(OH)–C–C–N with tert-alkyl or cyclic N) is 1. The van der Waals surface area contributed by atoms with Gasteiger partial charge in [-0.1, -0.05) is 6.07 Å². The minimum atomic E-state index is -0.592. The topological polar surface area (TPSA) is 109 Å². The largest absolute Gasteiger partial charge is 0.486 e. The summed E-state index contributed by atoms with van der Waals surface area (Å²) in [6.07, 6.45) is 5.00. The molecule has 0 spiro atoms. The molecule has 2 unspecified atom stereocenters. The van der Waals surface area contributed by atoms with Gasteiger partial charge in [-0.2, -0.15) is 0 Å². The number of nitrogens with zero attached hydrogens (tertiary/aromatic N) is 3.